The van der Waals surface area contributed by atoms with Crippen molar-refractivity contribution in [3.63, 3.8) is 0 Å². The second kappa shape index (κ2) is 9.80. The van der Waals surface area contributed by atoms with Crippen LogP contribution in [0.15, 0.2) is 12.4 Å². The first kappa shape index (κ1) is 21.8. The van der Waals surface area contributed by atoms with Crippen LogP contribution in [0.25, 0.3) is 10.2 Å². The monoisotopic (exact) mass is 445 g/mol. The average molecular weight is 446 g/mol. The summed E-state index contributed by atoms with van der Waals surface area (Å²) in [5.74, 6) is 1.01. The Labute approximate surface area is 187 Å². The van der Waals surface area contributed by atoms with Gasteiger partial charge >= 0.3 is 6.09 Å². The maximum absolute atomic E-state index is 13.0. The first-order valence-corrected chi connectivity index (χ1v) is 12.1. The lowest BCUT2D eigenvalue weighted by molar-refractivity contribution is -0.126. The molecule has 2 amide bonds. The van der Waals surface area contributed by atoms with E-state index in [0.29, 0.717) is 26.2 Å². The van der Waals surface area contributed by atoms with E-state index in [9.17, 15) is 9.59 Å². The summed E-state index contributed by atoms with van der Waals surface area (Å²) in [6.07, 6.45) is 5.75. The second-order valence-corrected chi connectivity index (χ2v) is 9.35. The number of fused-ring (bicyclic) bond motifs is 1. The normalized spacial score (nSPS) is 20.1. The quantitative estimate of drug-likeness (QED) is 0.760. The zero-order valence-electron chi connectivity index (χ0n) is 18.3. The Morgan fingerprint density at radius 3 is 2.74 bits per heavy atom. The highest BCUT2D eigenvalue weighted by atomic mass is 32.1. The van der Waals surface area contributed by atoms with E-state index in [2.05, 4.69) is 33.2 Å². The Bertz CT molecular complexity index is 925. The number of ether oxygens (including phenoxy) is 1. The maximum Gasteiger partial charge on any atom is 0.409 e. The van der Waals surface area contributed by atoms with Crippen molar-refractivity contribution in [1.82, 2.24) is 20.2 Å². The number of carbonyl (C=O) groups is 2. The molecule has 2 aliphatic rings. The molecule has 31 heavy (non-hydrogen) atoms. The molecular formula is C22H31N5O3S. The molecule has 2 fully saturated rings. The van der Waals surface area contributed by atoms with Crippen molar-refractivity contribution in [3.05, 3.63) is 17.3 Å². The minimum absolute atomic E-state index is 0.0499. The summed E-state index contributed by atoms with van der Waals surface area (Å²) in [4.78, 5) is 40.1. The van der Waals surface area contributed by atoms with Gasteiger partial charge in [-0.2, -0.15) is 0 Å². The zero-order valence-corrected chi connectivity index (χ0v) is 19.1. The van der Waals surface area contributed by atoms with E-state index in [0.717, 1.165) is 54.7 Å². The van der Waals surface area contributed by atoms with Gasteiger partial charge in [0.15, 0.2) is 0 Å². The minimum Gasteiger partial charge on any atom is -0.450 e. The summed E-state index contributed by atoms with van der Waals surface area (Å²) in [6, 6.07) is 2.30. The number of thiophene rings is 1. The molecule has 2 saturated heterocycles. The highest BCUT2D eigenvalue weighted by Gasteiger charge is 2.30. The van der Waals surface area contributed by atoms with Gasteiger partial charge in [-0.3, -0.25) is 4.79 Å². The maximum atomic E-state index is 13.0. The standard InChI is InChI=1S/C22H31N5O3S/c1-3-17-12-18-19(23-14-24-21(18)31-17)27-9-5-6-15(13-27)20(28)25-16-7-10-26(11-8-16)22(29)30-4-2/h12,14-16H,3-11,13H2,1-2H3,(H,25,28)/t15-/m0/s1. The molecule has 0 bridgehead atoms. The fourth-order valence-corrected chi connectivity index (χ4v) is 5.37. The summed E-state index contributed by atoms with van der Waals surface area (Å²) >= 11 is 1.72. The fraction of sp³-hybridized carbons (Fsp3) is 0.636. The van der Waals surface area contributed by atoms with Gasteiger partial charge in [0.2, 0.25) is 5.91 Å². The summed E-state index contributed by atoms with van der Waals surface area (Å²) < 4.78 is 5.07. The molecule has 168 valence electrons. The van der Waals surface area contributed by atoms with Crippen LogP contribution in [0.2, 0.25) is 0 Å². The minimum atomic E-state index is -0.258. The Hall–Kier alpha value is -2.42. The van der Waals surface area contributed by atoms with Gasteiger partial charge in [-0.25, -0.2) is 14.8 Å². The molecule has 0 radical (unpaired) electrons. The molecule has 2 aliphatic heterocycles. The smallest absolute Gasteiger partial charge is 0.409 e. The van der Waals surface area contributed by atoms with Gasteiger partial charge in [0.25, 0.3) is 0 Å². The van der Waals surface area contributed by atoms with E-state index < -0.39 is 0 Å². The number of carbonyl (C=O) groups excluding carboxylic acids is 2. The van der Waals surface area contributed by atoms with Crippen molar-refractivity contribution in [2.45, 2.75) is 52.0 Å². The molecule has 9 heteroatoms. The Kier molecular flexibility index (Phi) is 6.89. The third-order valence-electron chi connectivity index (χ3n) is 6.17. The molecular weight excluding hydrogens is 414 g/mol. The van der Waals surface area contributed by atoms with Crippen LogP contribution in [-0.4, -0.2) is 65.7 Å². The van der Waals surface area contributed by atoms with E-state index in [1.807, 2.05) is 6.92 Å². The van der Waals surface area contributed by atoms with Gasteiger partial charge in [0.1, 0.15) is 17.0 Å². The lowest BCUT2D eigenvalue weighted by atomic mass is 9.95. The number of hydrogen-bond acceptors (Lipinski definition) is 7. The number of anilines is 1. The lowest BCUT2D eigenvalue weighted by Gasteiger charge is -2.35. The number of rotatable bonds is 5. The van der Waals surface area contributed by atoms with Crippen molar-refractivity contribution >= 4 is 39.4 Å². The summed E-state index contributed by atoms with van der Waals surface area (Å²) in [5, 5.41) is 4.32. The highest BCUT2D eigenvalue weighted by molar-refractivity contribution is 7.18. The van der Waals surface area contributed by atoms with Crippen molar-refractivity contribution in [2.75, 3.05) is 37.7 Å². The van der Waals surface area contributed by atoms with E-state index in [1.165, 1.54) is 4.88 Å². The van der Waals surface area contributed by atoms with Gasteiger partial charge in [-0.1, -0.05) is 6.92 Å². The van der Waals surface area contributed by atoms with Crippen LogP contribution in [0.5, 0.6) is 0 Å². The van der Waals surface area contributed by atoms with E-state index in [-0.39, 0.29) is 24.0 Å². The number of aromatic nitrogens is 2. The van der Waals surface area contributed by atoms with Gasteiger partial charge in [0.05, 0.1) is 17.9 Å². The van der Waals surface area contributed by atoms with E-state index in [4.69, 9.17) is 4.74 Å². The molecule has 0 aliphatic carbocycles. The van der Waals surface area contributed by atoms with Crippen LogP contribution in [0.3, 0.4) is 0 Å². The second-order valence-electron chi connectivity index (χ2n) is 8.24. The van der Waals surface area contributed by atoms with Crippen LogP contribution >= 0.6 is 11.3 Å². The number of aryl methyl sites for hydroxylation is 1. The number of nitrogens with zero attached hydrogens (tertiary/aromatic N) is 4. The number of nitrogens with one attached hydrogen (secondary N) is 1. The Morgan fingerprint density at radius 1 is 1.19 bits per heavy atom. The molecule has 2 aromatic heterocycles. The molecule has 0 saturated carbocycles. The third-order valence-corrected chi connectivity index (χ3v) is 7.35. The van der Waals surface area contributed by atoms with Crippen molar-refractivity contribution in [3.8, 4) is 0 Å². The molecule has 8 nitrogen and oxygen atoms in total. The molecule has 1 N–H and O–H groups in total. The average Bonchev–Trinajstić information content (AvgIpc) is 3.23. The third kappa shape index (κ3) is 4.92. The van der Waals surface area contributed by atoms with Gasteiger partial charge in [-0.05, 0) is 45.1 Å². The first-order chi connectivity index (χ1) is 15.1. The molecule has 1 atom stereocenters. The van der Waals surface area contributed by atoms with Crippen molar-refractivity contribution in [2.24, 2.45) is 5.92 Å². The number of piperidine rings is 2. The van der Waals surface area contributed by atoms with Crippen LogP contribution in [0, 0.1) is 5.92 Å². The highest BCUT2D eigenvalue weighted by Crippen LogP contribution is 2.32. The fourth-order valence-electron chi connectivity index (χ4n) is 4.44. The van der Waals surface area contributed by atoms with Gasteiger partial charge < -0.3 is 19.9 Å². The Balaban J connectivity index is 1.35. The molecule has 0 unspecified atom stereocenters. The molecule has 4 heterocycles. The van der Waals surface area contributed by atoms with E-state index in [1.54, 1.807) is 22.6 Å². The van der Waals surface area contributed by atoms with E-state index >= 15 is 0 Å². The topological polar surface area (TPSA) is 87.7 Å². The van der Waals surface area contributed by atoms with Crippen molar-refractivity contribution < 1.29 is 14.3 Å². The van der Waals surface area contributed by atoms with Crippen molar-refractivity contribution in [1.29, 1.82) is 0 Å². The molecule has 2 aromatic rings. The molecule has 0 aromatic carbocycles. The molecule has 0 spiro atoms. The summed E-state index contributed by atoms with van der Waals surface area (Å²) in [7, 11) is 0. The SMILES string of the molecule is CCOC(=O)N1CCC(NC(=O)[C@H]2CCCN(c3ncnc4sc(CC)cc34)C2)CC1. The number of amides is 2. The van der Waals surface area contributed by atoms with Gasteiger partial charge in [0, 0.05) is 37.1 Å². The van der Waals surface area contributed by atoms with Crippen LogP contribution in [0.1, 0.15) is 44.4 Å². The lowest BCUT2D eigenvalue weighted by Crippen LogP contribution is -2.50. The zero-order chi connectivity index (χ0) is 21.8. The van der Waals surface area contributed by atoms with Crippen LogP contribution in [-0.2, 0) is 16.0 Å². The summed E-state index contributed by atoms with van der Waals surface area (Å²) in [6.45, 7) is 7.18. The number of hydrogen-bond donors (Lipinski definition) is 1. The van der Waals surface area contributed by atoms with Crippen LogP contribution in [0.4, 0.5) is 10.6 Å². The first-order valence-electron chi connectivity index (χ1n) is 11.3. The number of likely N-dealkylation sites (tertiary alicyclic amines) is 1. The predicted octanol–water partition coefficient (Wildman–Crippen LogP) is 3.21. The largest absolute Gasteiger partial charge is 0.450 e. The predicted molar refractivity (Wildman–Crippen MR) is 121 cm³/mol. The molecule has 4 rings (SSSR count). The van der Waals surface area contributed by atoms with Gasteiger partial charge in [-0.15, -0.1) is 11.3 Å². The summed E-state index contributed by atoms with van der Waals surface area (Å²) in [5.41, 5.74) is 0. The Morgan fingerprint density at radius 2 is 2.00 bits per heavy atom. The van der Waals surface area contributed by atoms with Crippen LogP contribution < -0.4 is 10.2 Å².